The van der Waals surface area contributed by atoms with E-state index in [2.05, 4.69) is 28.1 Å². The summed E-state index contributed by atoms with van der Waals surface area (Å²) in [5, 5.41) is -0.109. The molecular formula is C17H16BrClO2. The molecule has 110 valence electrons. The third kappa shape index (κ3) is 3.19. The van der Waals surface area contributed by atoms with E-state index in [-0.39, 0.29) is 5.38 Å². The maximum absolute atomic E-state index is 6.64. The van der Waals surface area contributed by atoms with E-state index in [1.54, 1.807) is 7.11 Å². The summed E-state index contributed by atoms with van der Waals surface area (Å²) in [4.78, 5) is 0. The average Bonchev–Trinajstić information content (AvgIpc) is 2.95. The monoisotopic (exact) mass is 366 g/mol. The van der Waals surface area contributed by atoms with Crippen LogP contribution in [0.3, 0.4) is 0 Å². The minimum absolute atomic E-state index is 0.109. The van der Waals surface area contributed by atoms with Crippen molar-refractivity contribution in [2.75, 3.05) is 13.7 Å². The first-order valence-corrected chi connectivity index (χ1v) is 8.12. The second-order valence-corrected chi connectivity index (χ2v) is 6.54. The summed E-state index contributed by atoms with van der Waals surface area (Å²) in [6.45, 7) is 0.741. The van der Waals surface area contributed by atoms with Gasteiger partial charge in [0.2, 0.25) is 0 Å². The number of hydrogen-bond acceptors (Lipinski definition) is 2. The Bertz CT molecular complexity index is 640. The van der Waals surface area contributed by atoms with Crippen LogP contribution in [0.2, 0.25) is 0 Å². The molecule has 1 atom stereocenters. The molecule has 0 saturated heterocycles. The molecule has 2 nitrogen and oxygen atoms in total. The predicted octanol–water partition coefficient (Wildman–Crippen LogP) is 4.92. The molecule has 0 amide bonds. The molecular weight excluding hydrogens is 352 g/mol. The van der Waals surface area contributed by atoms with Crippen molar-refractivity contribution in [2.45, 2.75) is 18.2 Å². The van der Waals surface area contributed by atoms with Gasteiger partial charge in [-0.2, -0.15) is 0 Å². The van der Waals surface area contributed by atoms with Crippen molar-refractivity contribution in [2.24, 2.45) is 0 Å². The van der Waals surface area contributed by atoms with Crippen LogP contribution in [-0.2, 0) is 12.8 Å². The standard InChI is InChI=1S/C17H16BrClO2/c1-20-14-4-2-11(3-5-14)8-16(19)15-10-13(18)9-12-6-7-21-17(12)15/h2-5,9-10,16H,6-8H2,1H3. The van der Waals surface area contributed by atoms with Crippen molar-refractivity contribution in [3.05, 3.63) is 57.6 Å². The SMILES string of the molecule is COc1ccc(CC(Cl)c2cc(Br)cc3c2OCC3)cc1. The molecule has 2 aromatic rings. The number of rotatable bonds is 4. The van der Waals surface area contributed by atoms with Gasteiger partial charge in [-0.15, -0.1) is 11.6 Å². The molecule has 0 spiro atoms. The fourth-order valence-electron chi connectivity index (χ4n) is 2.61. The van der Waals surface area contributed by atoms with Crippen LogP contribution in [0.4, 0.5) is 0 Å². The van der Waals surface area contributed by atoms with E-state index in [1.165, 1.54) is 11.1 Å². The number of methoxy groups -OCH3 is 1. The summed E-state index contributed by atoms with van der Waals surface area (Å²) in [5.74, 6) is 1.82. The highest BCUT2D eigenvalue weighted by atomic mass is 79.9. The van der Waals surface area contributed by atoms with Gasteiger partial charge >= 0.3 is 0 Å². The zero-order valence-electron chi connectivity index (χ0n) is 11.7. The molecule has 0 saturated carbocycles. The van der Waals surface area contributed by atoms with Gasteiger partial charge in [0.25, 0.3) is 0 Å². The molecule has 1 aliphatic heterocycles. The third-order valence-corrected chi connectivity index (χ3v) is 4.54. The van der Waals surface area contributed by atoms with Crippen molar-refractivity contribution in [3.8, 4) is 11.5 Å². The lowest BCUT2D eigenvalue weighted by Gasteiger charge is -2.15. The molecule has 0 aromatic heterocycles. The molecule has 0 N–H and O–H groups in total. The zero-order valence-corrected chi connectivity index (χ0v) is 14.1. The summed E-state index contributed by atoms with van der Waals surface area (Å²) in [5.41, 5.74) is 3.48. The number of fused-ring (bicyclic) bond motifs is 1. The molecule has 4 heteroatoms. The second-order valence-electron chi connectivity index (χ2n) is 5.10. The smallest absolute Gasteiger partial charge is 0.127 e. The van der Waals surface area contributed by atoms with Crippen LogP contribution in [0.15, 0.2) is 40.9 Å². The lowest BCUT2D eigenvalue weighted by molar-refractivity contribution is 0.353. The molecule has 1 unspecified atom stereocenters. The number of benzene rings is 2. The van der Waals surface area contributed by atoms with Crippen LogP contribution < -0.4 is 9.47 Å². The van der Waals surface area contributed by atoms with Crippen molar-refractivity contribution < 1.29 is 9.47 Å². The van der Waals surface area contributed by atoms with Gasteiger partial charge in [-0.25, -0.2) is 0 Å². The Morgan fingerprint density at radius 1 is 1.29 bits per heavy atom. The summed E-state index contributed by atoms with van der Waals surface area (Å²) < 4.78 is 12.0. The Labute approximate surface area is 138 Å². The van der Waals surface area contributed by atoms with Crippen LogP contribution in [0.25, 0.3) is 0 Å². The fraction of sp³-hybridized carbons (Fsp3) is 0.294. The van der Waals surface area contributed by atoms with Gasteiger partial charge in [0, 0.05) is 16.5 Å². The Balaban J connectivity index is 1.83. The Kier molecular flexibility index (Phi) is 4.41. The summed E-state index contributed by atoms with van der Waals surface area (Å²) >= 11 is 10.2. The summed E-state index contributed by atoms with van der Waals surface area (Å²) in [7, 11) is 1.67. The van der Waals surface area contributed by atoms with E-state index in [1.807, 2.05) is 24.3 Å². The first kappa shape index (κ1) is 14.7. The van der Waals surface area contributed by atoms with E-state index in [4.69, 9.17) is 21.1 Å². The normalized spacial score (nSPS) is 14.4. The van der Waals surface area contributed by atoms with Crippen LogP contribution >= 0.6 is 27.5 Å². The third-order valence-electron chi connectivity index (χ3n) is 3.69. The molecule has 0 aliphatic carbocycles. The Morgan fingerprint density at radius 2 is 2.05 bits per heavy atom. The predicted molar refractivity (Wildman–Crippen MR) is 88.6 cm³/mol. The highest BCUT2D eigenvalue weighted by Gasteiger charge is 2.22. The van der Waals surface area contributed by atoms with E-state index in [9.17, 15) is 0 Å². The van der Waals surface area contributed by atoms with E-state index < -0.39 is 0 Å². The highest BCUT2D eigenvalue weighted by molar-refractivity contribution is 9.10. The van der Waals surface area contributed by atoms with Gasteiger partial charge in [-0.05, 0) is 41.8 Å². The number of alkyl halides is 1. The number of hydrogen-bond donors (Lipinski definition) is 0. The number of ether oxygens (including phenoxy) is 2. The van der Waals surface area contributed by atoms with Crippen molar-refractivity contribution in [3.63, 3.8) is 0 Å². The lowest BCUT2D eigenvalue weighted by Crippen LogP contribution is -1.99. The summed E-state index contributed by atoms with van der Waals surface area (Å²) in [6, 6.07) is 12.2. The molecule has 21 heavy (non-hydrogen) atoms. The Morgan fingerprint density at radius 3 is 2.76 bits per heavy atom. The van der Waals surface area contributed by atoms with Crippen molar-refractivity contribution in [1.82, 2.24) is 0 Å². The van der Waals surface area contributed by atoms with Gasteiger partial charge in [-0.1, -0.05) is 28.1 Å². The quantitative estimate of drug-likeness (QED) is 0.714. The molecule has 0 bridgehead atoms. The maximum Gasteiger partial charge on any atom is 0.127 e. The topological polar surface area (TPSA) is 18.5 Å². The van der Waals surface area contributed by atoms with Crippen molar-refractivity contribution in [1.29, 1.82) is 0 Å². The van der Waals surface area contributed by atoms with Crippen LogP contribution in [0.5, 0.6) is 11.5 Å². The van der Waals surface area contributed by atoms with Crippen LogP contribution in [0.1, 0.15) is 22.1 Å². The molecule has 0 radical (unpaired) electrons. The minimum Gasteiger partial charge on any atom is -0.497 e. The zero-order chi connectivity index (χ0) is 14.8. The van der Waals surface area contributed by atoms with Gasteiger partial charge < -0.3 is 9.47 Å². The fourth-order valence-corrected chi connectivity index (χ4v) is 3.47. The Hall–Kier alpha value is -1.19. The van der Waals surface area contributed by atoms with Crippen LogP contribution in [0, 0.1) is 0 Å². The van der Waals surface area contributed by atoms with Gasteiger partial charge in [0.15, 0.2) is 0 Å². The van der Waals surface area contributed by atoms with Gasteiger partial charge in [0.1, 0.15) is 11.5 Å². The van der Waals surface area contributed by atoms with Crippen molar-refractivity contribution >= 4 is 27.5 Å². The largest absolute Gasteiger partial charge is 0.497 e. The highest BCUT2D eigenvalue weighted by Crippen LogP contribution is 2.40. The van der Waals surface area contributed by atoms with E-state index in [0.717, 1.165) is 41.0 Å². The first-order valence-electron chi connectivity index (χ1n) is 6.89. The summed E-state index contributed by atoms with van der Waals surface area (Å²) in [6.07, 6.45) is 1.71. The first-order chi connectivity index (χ1) is 10.2. The average molecular weight is 368 g/mol. The molecule has 3 rings (SSSR count). The molecule has 1 heterocycles. The molecule has 0 fully saturated rings. The van der Waals surface area contributed by atoms with E-state index >= 15 is 0 Å². The molecule has 1 aliphatic rings. The van der Waals surface area contributed by atoms with Gasteiger partial charge in [0.05, 0.1) is 19.1 Å². The molecule has 2 aromatic carbocycles. The van der Waals surface area contributed by atoms with Gasteiger partial charge in [-0.3, -0.25) is 0 Å². The van der Waals surface area contributed by atoms with E-state index in [0.29, 0.717) is 0 Å². The minimum atomic E-state index is -0.109. The lowest BCUT2D eigenvalue weighted by atomic mass is 10.0. The second kappa shape index (κ2) is 6.29. The van der Waals surface area contributed by atoms with Crippen LogP contribution in [-0.4, -0.2) is 13.7 Å². The number of halogens is 2. The maximum atomic E-state index is 6.64.